The fourth-order valence-electron chi connectivity index (χ4n) is 3.16. The van der Waals surface area contributed by atoms with Crippen molar-refractivity contribution in [3.8, 4) is 0 Å². The van der Waals surface area contributed by atoms with Crippen molar-refractivity contribution in [2.45, 2.75) is 25.3 Å². The fraction of sp³-hybridized carbons (Fsp3) is 0.429. The molecule has 5 heteroatoms. The van der Waals surface area contributed by atoms with E-state index in [0.717, 1.165) is 16.7 Å². The van der Waals surface area contributed by atoms with Crippen LogP contribution in [0, 0.1) is 6.92 Å². The topological polar surface area (TPSA) is 69.6 Å². The van der Waals surface area contributed by atoms with Gasteiger partial charge in [-0.2, -0.15) is 0 Å². The summed E-state index contributed by atoms with van der Waals surface area (Å²) in [5, 5.41) is 12.1. The predicted molar refractivity (Wildman–Crippen MR) is 69.4 cm³/mol. The van der Waals surface area contributed by atoms with E-state index in [1.54, 1.807) is 0 Å². The molecule has 0 bridgehead atoms. The Labute approximate surface area is 111 Å². The summed E-state index contributed by atoms with van der Waals surface area (Å²) < 4.78 is 0. The molecule has 2 aliphatic rings. The molecule has 5 nitrogen and oxygen atoms in total. The van der Waals surface area contributed by atoms with Gasteiger partial charge in [0, 0.05) is 30.6 Å². The molecule has 2 heterocycles. The van der Waals surface area contributed by atoms with Gasteiger partial charge in [-0.25, -0.2) is 4.79 Å². The van der Waals surface area contributed by atoms with Gasteiger partial charge in [0.25, 0.3) is 5.91 Å². The van der Waals surface area contributed by atoms with Gasteiger partial charge in [-0.05, 0) is 24.5 Å². The molecule has 2 amide bonds. The van der Waals surface area contributed by atoms with Crippen LogP contribution in [0.1, 0.15) is 33.8 Å². The highest BCUT2D eigenvalue weighted by Gasteiger charge is 2.39. The Morgan fingerprint density at radius 2 is 2.26 bits per heavy atom. The Hall–Kier alpha value is -2.04. The summed E-state index contributed by atoms with van der Waals surface area (Å²) in [5.41, 5.74) is 2.65. The number of rotatable bonds is 0. The molecule has 2 N–H and O–H groups in total. The van der Waals surface area contributed by atoms with Crippen LogP contribution in [0.15, 0.2) is 18.2 Å². The van der Waals surface area contributed by atoms with E-state index in [9.17, 15) is 9.59 Å². The number of likely N-dealkylation sites (tertiary alicyclic amines) is 1. The predicted octanol–water partition coefficient (Wildman–Crippen LogP) is 1.57. The lowest BCUT2D eigenvalue weighted by molar-refractivity contribution is 0.0856. The Balaban J connectivity index is 2.02. The first-order valence-electron chi connectivity index (χ1n) is 6.46. The molecule has 0 spiro atoms. The highest BCUT2D eigenvalue weighted by atomic mass is 16.4. The van der Waals surface area contributed by atoms with E-state index in [2.05, 4.69) is 5.32 Å². The van der Waals surface area contributed by atoms with Crippen LogP contribution < -0.4 is 5.32 Å². The van der Waals surface area contributed by atoms with Crippen LogP contribution >= 0.6 is 0 Å². The standard InChI is InChI=1S/C14H16N2O3/c1-8-3-2-4-9-10-7-16(14(18)19)6-5-11(10)15-13(17)12(8)9/h2-4,10-11H,5-7H2,1H3,(H,15,17)(H,18,19). The molecular formula is C14H16N2O3. The lowest BCUT2D eigenvalue weighted by atomic mass is 9.79. The molecule has 1 fully saturated rings. The molecule has 2 aliphatic heterocycles. The molecule has 1 saturated heterocycles. The van der Waals surface area contributed by atoms with E-state index < -0.39 is 6.09 Å². The number of nitrogens with one attached hydrogen (secondary N) is 1. The van der Waals surface area contributed by atoms with E-state index in [1.165, 1.54) is 4.90 Å². The van der Waals surface area contributed by atoms with Crippen LogP contribution in [0.5, 0.6) is 0 Å². The molecule has 2 unspecified atom stereocenters. The van der Waals surface area contributed by atoms with Crippen LogP contribution in [0.25, 0.3) is 0 Å². The minimum atomic E-state index is -0.885. The highest BCUT2D eigenvalue weighted by molar-refractivity contribution is 5.99. The number of carboxylic acid groups (broad SMARTS) is 1. The number of nitrogens with zero attached hydrogens (tertiary/aromatic N) is 1. The van der Waals surface area contributed by atoms with E-state index in [0.29, 0.717) is 19.5 Å². The van der Waals surface area contributed by atoms with Crippen molar-refractivity contribution in [2.75, 3.05) is 13.1 Å². The molecule has 0 radical (unpaired) electrons. The summed E-state index contributed by atoms with van der Waals surface area (Å²) >= 11 is 0. The first-order valence-corrected chi connectivity index (χ1v) is 6.46. The maximum absolute atomic E-state index is 12.1. The Morgan fingerprint density at radius 3 is 3.00 bits per heavy atom. The van der Waals surface area contributed by atoms with Crippen LogP contribution in [0.4, 0.5) is 4.79 Å². The van der Waals surface area contributed by atoms with Gasteiger partial charge in [-0.15, -0.1) is 0 Å². The summed E-state index contributed by atoms with van der Waals surface area (Å²) in [6.45, 7) is 2.85. The number of amides is 2. The zero-order chi connectivity index (χ0) is 13.6. The third-order valence-electron chi connectivity index (χ3n) is 4.13. The van der Waals surface area contributed by atoms with Gasteiger partial charge in [-0.1, -0.05) is 18.2 Å². The average molecular weight is 260 g/mol. The van der Waals surface area contributed by atoms with Crippen molar-refractivity contribution >= 4 is 12.0 Å². The van der Waals surface area contributed by atoms with E-state index in [-0.39, 0.29) is 17.9 Å². The Kier molecular flexibility index (Phi) is 2.69. The van der Waals surface area contributed by atoms with E-state index >= 15 is 0 Å². The largest absolute Gasteiger partial charge is 0.465 e. The number of hydrogen-bond acceptors (Lipinski definition) is 2. The summed E-state index contributed by atoms with van der Waals surface area (Å²) in [6.07, 6.45) is -0.208. The molecule has 1 aromatic rings. The summed E-state index contributed by atoms with van der Waals surface area (Å²) in [7, 11) is 0. The van der Waals surface area contributed by atoms with E-state index in [1.807, 2.05) is 25.1 Å². The maximum atomic E-state index is 12.1. The van der Waals surface area contributed by atoms with Gasteiger partial charge in [-0.3, -0.25) is 4.79 Å². The fourth-order valence-corrected chi connectivity index (χ4v) is 3.16. The number of piperidine rings is 1. The van der Waals surface area contributed by atoms with E-state index in [4.69, 9.17) is 5.11 Å². The molecule has 100 valence electrons. The number of hydrogen-bond donors (Lipinski definition) is 2. The highest BCUT2D eigenvalue weighted by Crippen LogP contribution is 2.34. The zero-order valence-electron chi connectivity index (χ0n) is 10.7. The summed E-state index contributed by atoms with van der Waals surface area (Å²) in [5.74, 6) is 0.0376. The third kappa shape index (κ3) is 1.85. The van der Waals surface area contributed by atoms with Gasteiger partial charge in [0.2, 0.25) is 0 Å². The number of carbonyl (C=O) groups excluding carboxylic acids is 1. The molecule has 19 heavy (non-hydrogen) atoms. The minimum absolute atomic E-state index is 0.0295. The number of fused-ring (bicyclic) bond motifs is 3. The second-order valence-electron chi connectivity index (χ2n) is 5.24. The Morgan fingerprint density at radius 1 is 1.47 bits per heavy atom. The maximum Gasteiger partial charge on any atom is 0.407 e. The SMILES string of the molecule is Cc1cccc2c1C(=O)NC1CCN(C(=O)O)CC21. The van der Waals surface area contributed by atoms with Crippen molar-refractivity contribution in [3.63, 3.8) is 0 Å². The smallest absolute Gasteiger partial charge is 0.407 e. The van der Waals surface area contributed by atoms with Gasteiger partial charge in [0.15, 0.2) is 0 Å². The van der Waals surface area contributed by atoms with Crippen molar-refractivity contribution in [3.05, 3.63) is 34.9 Å². The molecule has 0 aliphatic carbocycles. The first-order chi connectivity index (χ1) is 9.08. The van der Waals surface area contributed by atoms with Gasteiger partial charge < -0.3 is 15.3 Å². The average Bonchev–Trinajstić information content (AvgIpc) is 2.38. The molecular weight excluding hydrogens is 244 g/mol. The second-order valence-corrected chi connectivity index (χ2v) is 5.24. The molecule has 2 atom stereocenters. The lowest BCUT2D eigenvalue weighted by Crippen LogP contribution is -2.54. The van der Waals surface area contributed by atoms with Gasteiger partial charge in [0.1, 0.15) is 0 Å². The lowest BCUT2D eigenvalue weighted by Gasteiger charge is -2.41. The second kappa shape index (κ2) is 4.26. The molecule has 0 saturated carbocycles. The van der Waals surface area contributed by atoms with Crippen molar-refractivity contribution in [1.82, 2.24) is 10.2 Å². The van der Waals surface area contributed by atoms with Crippen molar-refractivity contribution in [2.24, 2.45) is 0 Å². The van der Waals surface area contributed by atoms with Gasteiger partial charge in [0.05, 0.1) is 0 Å². The number of aryl methyl sites for hydroxylation is 1. The van der Waals surface area contributed by atoms with Crippen LogP contribution in [-0.4, -0.2) is 41.1 Å². The quantitative estimate of drug-likeness (QED) is 0.744. The third-order valence-corrected chi connectivity index (χ3v) is 4.13. The number of benzene rings is 1. The molecule has 3 rings (SSSR count). The van der Waals surface area contributed by atoms with Crippen molar-refractivity contribution in [1.29, 1.82) is 0 Å². The van der Waals surface area contributed by atoms with Crippen LogP contribution in [0.2, 0.25) is 0 Å². The van der Waals surface area contributed by atoms with Gasteiger partial charge >= 0.3 is 6.09 Å². The van der Waals surface area contributed by atoms with Crippen molar-refractivity contribution < 1.29 is 14.7 Å². The first kappa shape index (κ1) is 12.0. The summed E-state index contributed by atoms with van der Waals surface area (Å²) in [6, 6.07) is 5.85. The zero-order valence-corrected chi connectivity index (χ0v) is 10.7. The minimum Gasteiger partial charge on any atom is -0.465 e. The normalized spacial score (nSPS) is 25.3. The molecule has 1 aromatic carbocycles. The Bertz CT molecular complexity index is 556. The van der Waals surface area contributed by atoms with Crippen LogP contribution in [0.3, 0.4) is 0 Å². The monoisotopic (exact) mass is 260 g/mol. The van der Waals surface area contributed by atoms with Crippen LogP contribution in [-0.2, 0) is 0 Å². The summed E-state index contributed by atoms with van der Waals surface area (Å²) in [4.78, 5) is 24.7. The number of carbonyl (C=O) groups is 2. The molecule has 0 aromatic heterocycles.